The Morgan fingerprint density at radius 2 is 1.45 bits per heavy atom. The van der Waals surface area contributed by atoms with Crippen molar-refractivity contribution < 1.29 is 5.48 Å². The quantitative estimate of drug-likeness (QED) is 0.556. The van der Waals surface area contributed by atoms with Crippen LogP contribution >= 0.6 is 0 Å². The van der Waals surface area contributed by atoms with Gasteiger partial charge in [0.1, 0.15) is 0 Å². The molecule has 1 nitrogen and oxygen atoms in total. The van der Waals surface area contributed by atoms with Gasteiger partial charge < -0.3 is 5.48 Å². The Morgan fingerprint density at radius 1 is 1.00 bits per heavy atom. The minimum absolute atomic E-state index is 0. The summed E-state index contributed by atoms with van der Waals surface area (Å²) >= 11 is 0. The number of rotatable bonds is 1. The van der Waals surface area contributed by atoms with Crippen LogP contribution in [0.25, 0.3) is 0 Å². The molecule has 1 rings (SSSR count). The van der Waals surface area contributed by atoms with Gasteiger partial charge in [-0.15, -0.1) is 0 Å². The van der Waals surface area contributed by atoms with Crippen molar-refractivity contribution in [3.05, 3.63) is 35.9 Å². The third-order valence-corrected chi connectivity index (χ3v) is 1.47. The molecule has 60 valence electrons. The molecule has 1 aromatic rings. The predicted molar refractivity (Wildman–Crippen MR) is 52.7 cm³/mol. The largest absolute Gasteiger partial charge is 0.412 e. The maximum Gasteiger partial charge on any atom is 0.316 e. The van der Waals surface area contributed by atoms with Crippen molar-refractivity contribution in [2.75, 3.05) is 0 Å². The van der Waals surface area contributed by atoms with Crippen molar-refractivity contribution in [2.24, 2.45) is 0 Å². The average Bonchev–Trinajstić information content (AvgIpc) is 1.90. The smallest absolute Gasteiger partial charge is 0.316 e. The minimum Gasteiger partial charge on any atom is -0.412 e. The minimum atomic E-state index is 0. The van der Waals surface area contributed by atoms with Gasteiger partial charge in [0.2, 0.25) is 0 Å². The first-order chi connectivity index (χ1) is 4.30. The number of hydrogen-bond donors (Lipinski definition) is 0. The lowest BCUT2D eigenvalue weighted by molar-refractivity contribution is 0.824. The molecule has 11 heavy (non-hydrogen) atoms. The average molecular weight is 165 g/mol. The second-order valence-corrected chi connectivity index (χ2v) is 2.57. The van der Waals surface area contributed by atoms with Crippen LogP contribution in [0, 0.1) is 0 Å². The molecule has 0 saturated heterocycles. The molecule has 0 saturated carbocycles. The van der Waals surface area contributed by atoms with E-state index in [1.807, 2.05) is 6.07 Å². The van der Waals surface area contributed by atoms with Gasteiger partial charge >= 0.3 is 23.1 Å². The van der Waals surface area contributed by atoms with Gasteiger partial charge in [-0.25, -0.2) is 0 Å². The molecule has 0 heterocycles. The lowest BCUT2D eigenvalue weighted by Gasteiger charge is -2.01. The first kappa shape index (κ1) is 13.5. The fourth-order valence-corrected chi connectivity index (χ4v) is 0.838. The summed E-state index contributed by atoms with van der Waals surface area (Å²) in [5.41, 5.74) is 1.41. The highest BCUT2D eigenvalue weighted by molar-refractivity contribution is 5.75. The summed E-state index contributed by atoms with van der Waals surface area (Å²) in [7, 11) is 0. The Labute approximate surface area is 84.3 Å². The van der Waals surface area contributed by atoms with E-state index in [0.29, 0.717) is 5.92 Å². The van der Waals surface area contributed by atoms with E-state index in [-0.39, 0.29) is 28.5 Å². The van der Waals surface area contributed by atoms with Crippen molar-refractivity contribution in [3.63, 3.8) is 0 Å². The van der Waals surface area contributed by atoms with Crippen molar-refractivity contribution in [1.82, 2.24) is 0 Å². The van der Waals surface area contributed by atoms with E-state index in [1.165, 1.54) is 5.56 Å². The van der Waals surface area contributed by atoms with Crippen molar-refractivity contribution >= 4 is 23.1 Å². The highest BCUT2D eigenvalue weighted by Crippen LogP contribution is 2.11. The molecule has 1 aromatic carbocycles. The topological polar surface area (TPSA) is 31.5 Å². The van der Waals surface area contributed by atoms with Gasteiger partial charge in [-0.3, -0.25) is 0 Å². The molecule has 2 heteroatoms. The molecular weight excluding hydrogens is 148 g/mol. The Kier molecular flexibility index (Phi) is 8.17. The summed E-state index contributed by atoms with van der Waals surface area (Å²) in [5, 5.41) is 0. The highest BCUT2D eigenvalue weighted by Gasteiger charge is 1.93. The second-order valence-electron chi connectivity index (χ2n) is 2.57. The fourth-order valence-electron chi connectivity index (χ4n) is 0.838. The summed E-state index contributed by atoms with van der Waals surface area (Å²) in [6.45, 7) is 4.41. The van der Waals surface area contributed by atoms with Gasteiger partial charge in [-0.1, -0.05) is 44.2 Å². The van der Waals surface area contributed by atoms with Crippen LogP contribution in [0.15, 0.2) is 30.3 Å². The van der Waals surface area contributed by atoms with Gasteiger partial charge in [-0.05, 0) is 11.5 Å². The van der Waals surface area contributed by atoms with E-state index in [2.05, 4.69) is 38.1 Å². The van der Waals surface area contributed by atoms with Gasteiger partial charge in [0.25, 0.3) is 0 Å². The molecule has 2 N–H and O–H groups in total. The SMILES string of the molecule is CC(C)c1ccccc1.O.[MgH2]. The van der Waals surface area contributed by atoms with E-state index < -0.39 is 0 Å². The first-order valence-electron chi connectivity index (χ1n) is 3.35. The monoisotopic (exact) mass is 164 g/mol. The van der Waals surface area contributed by atoms with E-state index in [1.54, 1.807) is 0 Å². The van der Waals surface area contributed by atoms with Gasteiger partial charge in [0.15, 0.2) is 0 Å². The molecule has 0 radical (unpaired) electrons. The van der Waals surface area contributed by atoms with Crippen LogP contribution in [0.2, 0.25) is 0 Å². The molecule has 0 unspecified atom stereocenters. The van der Waals surface area contributed by atoms with E-state index in [0.717, 1.165) is 0 Å². The first-order valence-corrected chi connectivity index (χ1v) is 3.35. The van der Waals surface area contributed by atoms with Crippen LogP contribution in [-0.2, 0) is 0 Å². The highest BCUT2D eigenvalue weighted by atomic mass is 24.3. The molecule has 0 amide bonds. The molecule has 0 aliphatic heterocycles. The molecular formula is C9H16MgO. The van der Waals surface area contributed by atoms with Gasteiger partial charge in [0.05, 0.1) is 0 Å². The maximum absolute atomic E-state index is 2.20. The van der Waals surface area contributed by atoms with Crippen LogP contribution < -0.4 is 0 Å². The summed E-state index contributed by atoms with van der Waals surface area (Å²) in [5.74, 6) is 0.659. The van der Waals surface area contributed by atoms with E-state index in [9.17, 15) is 0 Å². The zero-order chi connectivity index (χ0) is 6.69. The maximum atomic E-state index is 2.20. The molecule has 0 aliphatic carbocycles. The zero-order valence-electron chi connectivity index (χ0n) is 6.46. The molecule has 0 fully saturated rings. The van der Waals surface area contributed by atoms with Gasteiger partial charge in [-0.2, -0.15) is 0 Å². The van der Waals surface area contributed by atoms with Crippen molar-refractivity contribution in [2.45, 2.75) is 19.8 Å². The van der Waals surface area contributed by atoms with Gasteiger partial charge in [0, 0.05) is 0 Å². The molecule has 0 aromatic heterocycles. The standard InChI is InChI=1S/C9H12.Mg.H2O.2H/c1-8(2)9-6-4-3-5-7-9;;;;/h3-8H,1-2H3;;1H2;;. The number of benzene rings is 1. The van der Waals surface area contributed by atoms with Crippen LogP contribution in [0.1, 0.15) is 25.3 Å². The normalized spacial score (nSPS) is 8.27. The molecule has 0 spiro atoms. The van der Waals surface area contributed by atoms with Crippen LogP contribution in [-0.4, -0.2) is 28.5 Å². The lowest BCUT2D eigenvalue weighted by Crippen LogP contribution is -1.83. The Bertz CT molecular complexity index is 172. The van der Waals surface area contributed by atoms with E-state index in [4.69, 9.17) is 0 Å². The van der Waals surface area contributed by atoms with Crippen molar-refractivity contribution in [3.8, 4) is 0 Å². The number of hydrogen-bond acceptors (Lipinski definition) is 0. The van der Waals surface area contributed by atoms with Crippen LogP contribution in [0.3, 0.4) is 0 Å². The summed E-state index contributed by atoms with van der Waals surface area (Å²) < 4.78 is 0. The second kappa shape index (κ2) is 6.64. The third kappa shape index (κ3) is 4.40. The summed E-state index contributed by atoms with van der Waals surface area (Å²) in [6.07, 6.45) is 0. The predicted octanol–water partition coefficient (Wildman–Crippen LogP) is 1.07. The van der Waals surface area contributed by atoms with Crippen molar-refractivity contribution in [1.29, 1.82) is 0 Å². The van der Waals surface area contributed by atoms with Crippen LogP contribution in [0.4, 0.5) is 0 Å². The Morgan fingerprint density at radius 3 is 1.73 bits per heavy atom. The Balaban J connectivity index is 0. The third-order valence-electron chi connectivity index (χ3n) is 1.47. The fraction of sp³-hybridized carbons (Fsp3) is 0.333. The van der Waals surface area contributed by atoms with E-state index >= 15 is 0 Å². The molecule has 0 atom stereocenters. The zero-order valence-corrected chi connectivity index (χ0v) is 6.46. The lowest BCUT2D eigenvalue weighted by atomic mass is 10.0. The Hall–Kier alpha value is -0.0538. The summed E-state index contributed by atoms with van der Waals surface area (Å²) in [6, 6.07) is 10.5. The molecule has 0 aliphatic rings. The summed E-state index contributed by atoms with van der Waals surface area (Å²) in [4.78, 5) is 0. The van der Waals surface area contributed by atoms with Crippen LogP contribution in [0.5, 0.6) is 0 Å². The molecule has 0 bridgehead atoms.